The van der Waals surface area contributed by atoms with E-state index in [2.05, 4.69) is 15.1 Å². The molecule has 3 aromatic heterocycles. The van der Waals surface area contributed by atoms with Crippen molar-refractivity contribution in [2.24, 2.45) is 0 Å². The van der Waals surface area contributed by atoms with E-state index in [4.69, 9.17) is 4.42 Å². The van der Waals surface area contributed by atoms with Gasteiger partial charge < -0.3 is 9.32 Å². The summed E-state index contributed by atoms with van der Waals surface area (Å²) in [4.78, 5) is 36.1. The van der Waals surface area contributed by atoms with Crippen LogP contribution < -0.4 is 5.56 Å². The van der Waals surface area contributed by atoms with Crippen molar-refractivity contribution < 1.29 is 9.21 Å². The van der Waals surface area contributed by atoms with Gasteiger partial charge in [-0.1, -0.05) is 0 Å². The predicted molar refractivity (Wildman–Crippen MR) is 98.9 cm³/mol. The van der Waals surface area contributed by atoms with Crippen molar-refractivity contribution in [2.75, 3.05) is 6.54 Å². The van der Waals surface area contributed by atoms with Crippen molar-refractivity contribution >= 4 is 11.6 Å². The molecular formula is C19H23N5O3. The molecule has 8 nitrogen and oxygen atoms in total. The standard InChI is InChI=1S/C19H23N5O3/c1-10-11(2)21-16-9-14(22-24(16)18(10)25)15-7-5-6-8-23(15)19(26)17-12(3)20-13(4)27-17/h9,15,22H,5-8H2,1-4H3/t15-/m0/s1. The summed E-state index contributed by atoms with van der Waals surface area (Å²) in [6, 6.07) is 1.71. The number of nitrogens with one attached hydrogen (secondary N) is 1. The van der Waals surface area contributed by atoms with Crippen LogP contribution in [0.25, 0.3) is 5.65 Å². The summed E-state index contributed by atoms with van der Waals surface area (Å²) in [7, 11) is 0. The molecule has 1 N–H and O–H groups in total. The number of carbonyl (C=O) groups excluding carboxylic acids is 1. The molecule has 1 aliphatic heterocycles. The summed E-state index contributed by atoms with van der Waals surface area (Å²) >= 11 is 0. The molecule has 1 amide bonds. The Kier molecular flexibility index (Phi) is 4.13. The molecule has 1 aliphatic rings. The topological polar surface area (TPSA) is 96.5 Å². The number of amides is 1. The van der Waals surface area contributed by atoms with Gasteiger partial charge in [0.2, 0.25) is 5.76 Å². The van der Waals surface area contributed by atoms with Crippen LogP contribution in [0.4, 0.5) is 0 Å². The number of piperidine rings is 1. The van der Waals surface area contributed by atoms with E-state index in [1.165, 1.54) is 4.52 Å². The van der Waals surface area contributed by atoms with Crippen LogP contribution >= 0.6 is 0 Å². The number of aromatic nitrogens is 4. The molecule has 0 unspecified atom stereocenters. The Morgan fingerprint density at radius 1 is 1.19 bits per heavy atom. The van der Waals surface area contributed by atoms with Crippen molar-refractivity contribution in [1.82, 2.24) is 24.5 Å². The average molecular weight is 369 g/mol. The minimum Gasteiger partial charge on any atom is -0.436 e. The first kappa shape index (κ1) is 17.5. The highest BCUT2D eigenvalue weighted by Crippen LogP contribution is 2.32. The van der Waals surface area contributed by atoms with Gasteiger partial charge in [-0.15, -0.1) is 0 Å². The first-order valence-electron chi connectivity index (χ1n) is 9.20. The van der Waals surface area contributed by atoms with Crippen molar-refractivity contribution in [3.05, 3.63) is 50.7 Å². The number of hydrogen-bond donors (Lipinski definition) is 1. The van der Waals surface area contributed by atoms with Crippen LogP contribution in [-0.2, 0) is 0 Å². The van der Waals surface area contributed by atoms with Gasteiger partial charge in [-0.25, -0.2) is 14.5 Å². The van der Waals surface area contributed by atoms with Gasteiger partial charge in [-0.2, -0.15) is 0 Å². The monoisotopic (exact) mass is 369 g/mol. The maximum atomic E-state index is 13.1. The molecule has 0 spiro atoms. The Hall–Kier alpha value is -2.90. The highest BCUT2D eigenvalue weighted by molar-refractivity contribution is 5.92. The summed E-state index contributed by atoms with van der Waals surface area (Å²) in [6.45, 7) is 7.74. The molecule has 0 bridgehead atoms. The molecule has 1 fully saturated rings. The lowest BCUT2D eigenvalue weighted by Gasteiger charge is -2.34. The molecular weight excluding hydrogens is 346 g/mol. The fourth-order valence-electron chi connectivity index (χ4n) is 3.77. The van der Waals surface area contributed by atoms with Crippen LogP contribution in [0.1, 0.15) is 64.4 Å². The van der Waals surface area contributed by atoms with Gasteiger partial charge in [0.25, 0.3) is 11.5 Å². The highest BCUT2D eigenvalue weighted by Gasteiger charge is 2.33. The zero-order valence-corrected chi connectivity index (χ0v) is 16.0. The maximum absolute atomic E-state index is 13.1. The smallest absolute Gasteiger partial charge is 0.292 e. The van der Waals surface area contributed by atoms with E-state index in [1.54, 1.807) is 20.8 Å². The van der Waals surface area contributed by atoms with E-state index < -0.39 is 0 Å². The van der Waals surface area contributed by atoms with Gasteiger partial charge in [0, 0.05) is 30.8 Å². The molecule has 142 valence electrons. The zero-order valence-electron chi connectivity index (χ0n) is 16.0. The molecule has 0 saturated carbocycles. The van der Waals surface area contributed by atoms with E-state index in [1.807, 2.05) is 17.9 Å². The normalized spacial score (nSPS) is 17.6. The first-order chi connectivity index (χ1) is 12.9. The van der Waals surface area contributed by atoms with Crippen LogP contribution in [0, 0.1) is 27.7 Å². The van der Waals surface area contributed by atoms with Crippen molar-refractivity contribution in [3.63, 3.8) is 0 Å². The molecule has 0 aliphatic carbocycles. The van der Waals surface area contributed by atoms with Gasteiger partial charge in [-0.05, 0) is 40.0 Å². The lowest BCUT2D eigenvalue weighted by atomic mass is 9.99. The Labute approximate surface area is 156 Å². The molecule has 0 radical (unpaired) electrons. The Balaban J connectivity index is 1.76. The second-order valence-corrected chi connectivity index (χ2v) is 7.19. The number of hydrogen-bond acceptors (Lipinski definition) is 5. The van der Waals surface area contributed by atoms with Crippen molar-refractivity contribution in [3.8, 4) is 0 Å². The number of fused-ring (bicyclic) bond motifs is 1. The summed E-state index contributed by atoms with van der Waals surface area (Å²) in [5, 5.41) is 3.16. The maximum Gasteiger partial charge on any atom is 0.292 e. The number of H-pyrrole nitrogens is 1. The molecule has 1 atom stereocenters. The molecule has 3 aromatic rings. The van der Waals surface area contributed by atoms with Crippen LogP contribution in [0.2, 0.25) is 0 Å². The second kappa shape index (κ2) is 6.37. The molecule has 0 aromatic carbocycles. The van der Waals surface area contributed by atoms with Crippen LogP contribution in [0.15, 0.2) is 15.3 Å². The third-order valence-corrected chi connectivity index (χ3v) is 5.32. The van der Waals surface area contributed by atoms with Crippen molar-refractivity contribution in [2.45, 2.75) is 53.0 Å². The summed E-state index contributed by atoms with van der Waals surface area (Å²) < 4.78 is 7.00. The Bertz CT molecular complexity index is 1090. The lowest BCUT2D eigenvalue weighted by molar-refractivity contribution is 0.0570. The van der Waals surface area contributed by atoms with Gasteiger partial charge in [-0.3, -0.25) is 14.7 Å². The predicted octanol–water partition coefficient (Wildman–Crippen LogP) is 2.61. The number of likely N-dealkylation sites (tertiary alicyclic amines) is 1. The minimum atomic E-state index is -0.163. The first-order valence-corrected chi connectivity index (χ1v) is 9.20. The molecule has 27 heavy (non-hydrogen) atoms. The van der Waals surface area contributed by atoms with E-state index in [9.17, 15) is 9.59 Å². The number of nitrogens with zero attached hydrogens (tertiary/aromatic N) is 4. The van der Waals surface area contributed by atoms with E-state index in [0.29, 0.717) is 29.3 Å². The zero-order chi connectivity index (χ0) is 19.3. The number of carbonyl (C=O) groups is 1. The van der Waals surface area contributed by atoms with E-state index >= 15 is 0 Å². The van der Waals surface area contributed by atoms with Gasteiger partial charge in [0.15, 0.2) is 11.5 Å². The SMILES string of the molecule is Cc1nc(C)c(C(=O)N2CCCC[C@H]2c2cc3nc(C)c(C)c(=O)n3[nH]2)o1. The summed E-state index contributed by atoms with van der Waals surface area (Å²) in [6.07, 6.45) is 2.76. The van der Waals surface area contributed by atoms with Gasteiger partial charge in [0.1, 0.15) is 0 Å². The lowest BCUT2D eigenvalue weighted by Crippen LogP contribution is -2.39. The van der Waals surface area contributed by atoms with E-state index in [-0.39, 0.29) is 23.3 Å². The average Bonchev–Trinajstić information content (AvgIpc) is 3.22. The number of rotatable bonds is 2. The van der Waals surface area contributed by atoms with Crippen LogP contribution in [0.5, 0.6) is 0 Å². The molecule has 4 rings (SSSR count). The van der Waals surface area contributed by atoms with Gasteiger partial charge >= 0.3 is 0 Å². The Morgan fingerprint density at radius 2 is 1.96 bits per heavy atom. The van der Waals surface area contributed by atoms with Crippen molar-refractivity contribution in [1.29, 1.82) is 0 Å². The summed E-state index contributed by atoms with van der Waals surface area (Å²) in [5.74, 6) is 0.610. The third-order valence-electron chi connectivity index (χ3n) is 5.32. The summed E-state index contributed by atoms with van der Waals surface area (Å²) in [5.41, 5.74) is 3.20. The molecule has 8 heteroatoms. The quantitative estimate of drug-likeness (QED) is 0.749. The number of aromatic amines is 1. The Morgan fingerprint density at radius 3 is 2.67 bits per heavy atom. The minimum absolute atomic E-state index is 0.112. The number of aryl methyl sites for hydroxylation is 3. The van der Waals surface area contributed by atoms with E-state index in [0.717, 1.165) is 30.7 Å². The number of oxazole rings is 1. The van der Waals surface area contributed by atoms with Crippen LogP contribution in [-0.4, -0.2) is 36.9 Å². The second-order valence-electron chi connectivity index (χ2n) is 7.19. The van der Waals surface area contributed by atoms with Crippen LogP contribution in [0.3, 0.4) is 0 Å². The van der Waals surface area contributed by atoms with Gasteiger partial charge in [0.05, 0.1) is 17.4 Å². The fourth-order valence-corrected chi connectivity index (χ4v) is 3.77. The highest BCUT2D eigenvalue weighted by atomic mass is 16.4. The fraction of sp³-hybridized carbons (Fsp3) is 0.474. The largest absolute Gasteiger partial charge is 0.436 e. The molecule has 1 saturated heterocycles. The molecule has 4 heterocycles. The third kappa shape index (κ3) is 2.85.